The van der Waals surface area contributed by atoms with Crippen LogP contribution in [0.15, 0.2) is 15.6 Å². The van der Waals surface area contributed by atoms with E-state index in [0.717, 1.165) is 18.6 Å². The third kappa shape index (κ3) is 8.49. The van der Waals surface area contributed by atoms with E-state index in [0.29, 0.717) is 37.4 Å². The minimum Gasteiger partial charge on any atom is -0.443 e. The molecule has 1 aliphatic rings. The Morgan fingerprint density at radius 1 is 1.26 bits per heavy atom. The van der Waals surface area contributed by atoms with Crippen LogP contribution in [0.1, 0.15) is 70.9 Å². The van der Waals surface area contributed by atoms with Gasteiger partial charge in [-0.05, 0) is 12.8 Å². The van der Waals surface area contributed by atoms with Crippen LogP contribution in [0.2, 0.25) is 0 Å². The van der Waals surface area contributed by atoms with Gasteiger partial charge in [0, 0.05) is 31.5 Å². The minimum atomic E-state index is -0.0587. The maximum Gasteiger partial charge on any atom is 0.221 e. The van der Waals surface area contributed by atoms with Crippen molar-refractivity contribution in [3.05, 3.63) is 17.8 Å². The Kier molecular flexibility index (Phi) is 10.1. The Labute approximate surface area is 179 Å². The van der Waals surface area contributed by atoms with Gasteiger partial charge < -0.3 is 20.4 Å². The third-order valence-electron chi connectivity index (χ3n) is 4.54. The molecule has 3 N–H and O–H groups in total. The number of carbonyl (C=O) groups excluding carboxylic acids is 1. The number of amides is 1. The number of hydrogen-bond acceptors (Lipinski definition) is 4. The molecule has 1 fully saturated rings. The molecule has 1 heterocycles. The van der Waals surface area contributed by atoms with Gasteiger partial charge in [-0.15, -0.1) is 24.0 Å². The van der Waals surface area contributed by atoms with Gasteiger partial charge in [-0.25, -0.2) is 4.98 Å². The molecule has 1 amide bonds. The summed E-state index contributed by atoms with van der Waals surface area (Å²) in [5, 5.41) is 9.43. The molecule has 0 unspecified atom stereocenters. The fraction of sp³-hybridized carbons (Fsp3) is 0.737. The molecule has 1 aromatic rings. The van der Waals surface area contributed by atoms with Crippen LogP contribution in [-0.2, 0) is 16.8 Å². The Hall–Kier alpha value is -1.32. The molecule has 1 saturated carbocycles. The van der Waals surface area contributed by atoms with Crippen molar-refractivity contribution >= 4 is 35.8 Å². The highest BCUT2D eigenvalue weighted by molar-refractivity contribution is 14.0. The number of hydrogen-bond donors (Lipinski definition) is 3. The van der Waals surface area contributed by atoms with Crippen LogP contribution < -0.4 is 16.0 Å². The Balaban J connectivity index is 0.00000364. The molecule has 0 bridgehead atoms. The summed E-state index contributed by atoms with van der Waals surface area (Å²) in [6.07, 6.45) is 8.14. The van der Waals surface area contributed by atoms with Crippen LogP contribution in [0.4, 0.5) is 0 Å². The highest BCUT2D eigenvalue weighted by atomic mass is 127. The fourth-order valence-corrected chi connectivity index (χ4v) is 2.96. The predicted molar refractivity (Wildman–Crippen MR) is 118 cm³/mol. The molecule has 0 spiro atoms. The SMILES string of the molecule is CN=C(NCCC(=O)NC1CCCCC1)NCc1ncc(C(C)(C)C)o1.I. The monoisotopic (exact) mass is 491 g/mol. The molecule has 1 aliphatic carbocycles. The standard InChI is InChI=1S/C19H33N5O2.HI/c1-19(2,3)15-12-22-17(26-15)13-23-18(20-4)21-11-10-16(25)24-14-8-6-5-7-9-14;/h12,14H,5-11,13H2,1-4H3,(H,24,25)(H2,20,21,23);1H. The van der Waals surface area contributed by atoms with E-state index < -0.39 is 0 Å². The summed E-state index contributed by atoms with van der Waals surface area (Å²) in [4.78, 5) is 20.5. The normalized spacial score (nSPS) is 15.8. The number of oxazole rings is 1. The van der Waals surface area contributed by atoms with Crippen molar-refractivity contribution in [1.29, 1.82) is 0 Å². The van der Waals surface area contributed by atoms with Crippen LogP contribution >= 0.6 is 24.0 Å². The molecule has 154 valence electrons. The molecule has 0 saturated heterocycles. The molecule has 0 aliphatic heterocycles. The molecule has 1 aromatic heterocycles. The van der Waals surface area contributed by atoms with Crippen LogP contribution in [0.5, 0.6) is 0 Å². The molecular weight excluding hydrogens is 457 g/mol. The lowest BCUT2D eigenvalue weighted by Gasteiger charge is -2.22. The lowest BCUT2D eigenvalue weighted by molar-refractivity contribution is -0.121. The first-order valence-electron chi connectivity index (χ1n) is 9.57. The van der Waals surface area contributed by atoms with E-state index in [2.05, 4.69) is 46.7 Å². The summed E-state index contributed by atoms with van der Waals surface area (Å²) in [7, 11) is 1.70. The maximum absolute atomic E-state index is 12.0. The molecule has 27 heavy (non-hydrogen) atoms. The lowest BCUT2D eigenvalue weighted by Crippen LogP contribution is -2.41. The fourth-order valence-electron chi connectivity index (χ4n) is 2.96. The second-order valence-corrected chi connectivity index (χ2v) is 7.87. The zero-order valence-corrected chi connectivity index (χ0v) is 19.3. The van der Waals surface area contributed by atoms with Gasteiger partial charge in [0.25, 0.3) is 0 Å². The molecule has 0 radical (unpaired) electrons. The van der Waals surface area contributed by atoms with Gasteiger partial charge in [-0.2, -0.15) is 0 Å². The smallest absolute Gasteiger partial charge is 0.221 e. The van der Waals surface area contributed by atoms with Crippen molar-refractivity contribution < 1.29 is 9.21 Å². The van der Waals surface area contributed by atoms with Crippen molar-refractivity contribution in [3.63, 3.8) is 0 Å². The first kappa shape index (κ1) is 23.7. The van der Waals surface area contributed by atoms with Gasteiger partial charge in [0.05, 0.1) is 12.7 Å². The molecular formula is C19H34IN5O2. The van der Waals surface area contributed by atoms with Crippen LogP contribution in [0, 0.1) is 0 Å². The zero-order valence-electron chi connectivity index (χ0n) is 16.9. The summed E-state index contributed by atoms with van der Waals surface area (Å²) in [5.74, 6) is 2.21. The summed E-state index contributed by atoms with van der Waals surface area (Å²) < 4.78 is 5.75. The molecule has 8 heteroatoms. The van der Waals surface area contributed by atoms with Crippen LogP contribution in [0.3, 0.4) is 0 Å². The van der Waals surface area contributed by atoms with E-state index in [1.165, 1.54) is 19.3 Å². The number of carbonyl (C=O) groups is 1. The van der Waals surface area contributed by atoms with Crippen LogP contribution in [-0.4, -0.2) is 36.5 Å². The van der Waals surface area contributed by atoms with Crippen molar-refractivity contribution in [2.45, 2.75) is 77.3 Å². The number of aliphatic imine (C=N–C) groups is 1. The number of halogens is 1. The summed E-state index contributed by atoms with van der Waals surface area (Å²) in [6, 6.07) is 0.357. The van der Waals surface area contributed by atoms with Crippen molar-refractivity contribution in [2.75, 3.05) is 13.6 Å². The van der Waals surface area contributed by atoms with E-state index in [1.807, 2.05) is 0 Å². The summed E-state index contributed by atoms with van der Waals surface area (Å²) in [5.41, 5.74) is -0.0587. The quantitative estimate of drug-likeness (QED) is 0.323. The summed E-state index contributed by atoms with van der Waals surface area (Å²) in [6.45, 7) is 7.25. The number of aromatic nitrogens is 1. The molecule has 2 rings (SSSR count). The lowest BCUT2D eigenvalue weighted by atomic mass is 9.94. The van der Waals surface area contributed by atoms with Crippen molar-refractivity contribution in [2.24, 2.45) is 4.99 Å². The minimum absolute atomic E-state index is 0. The van der Waals surface area contributed by atoms with E-state index in [-0.39, 0.29) is 35.3 Å². The summed E-state index contributed by atoms with van der Waals surface area (Å²) >= 11 is 0. The topological polar surface area (TPSA) is 91.5 Å². The second kappa shape index (κ2) is 11.5. The Morgan fingerprint density at radius 2 is 1.96 bits per heavy atom. The highest BCUT2D eigenvalue weighted by Gasteiger charge is 2.19. The Bertz CT molecular complexity index is 603. The average Bonchev–Trinajstić information content (AvgIpc) is 3.08. The predicted octanol–water partition coefficient (Wildman–Crippen LogP) is 3.09. The molecule has 0 aromatic carbocycles. The zero-order chi connectivity index (χ0) is 19.0. The van der Waals surface area contributed by atoms with Gasteiger partial charge in [0.15, 0.2) is 5.96 Å². The van der Waals surface area contributed by atoms with Crippen LogP contribution in [0.25, 0.3) is 0 Å². The first-order valence-corrected chi connectivity index (χ1v) is 9.57. The number of nitrogens with zero attached hydrogens (tertiary/aromatic N) is 2. The van der Waals surface area contributed by atoms with Gasteiger partial charge in [-0.1, -0.05) is 40.0 Å². The number of rotatable bonds is 6. The molecule has 7 nitrogen and oxygen atoms in total. The van der Waals surface area contributed by atoms with Gasteiger partial charge in [0.2, 0.25) is 11.8 Å². The van der Waals surface area contributed by atoms with E-state index in [4.69, 9.17) is 4.42 Å². The van der Waals surface area contributed by atoms with Crippen molar-refractivity contribution in [1.82, 2.24) is 20.9 Å². The van der Waals surface area contributed by atoms with Gasteiger partial charge >= 0.3 is 0 Å². The number of guanidine groups is 1. The van der Waals surface area contributed by atoms with Crippen molar-refractivity contribution in [3.8, 4) is 0 Å². The largest absolute Gasteiger partial charge is 0.443 e. The number of nitrogens with one attached hydrogen (secondary N) is 3. The highest BCUT2D eigenvalue weighted by Crippen LogP contribution is 2.22. The van der Waals surface area contributed by atoms with Gasteiger partial charge in [0.1, 0.15) is 5.76 Å². The van der Waals surface area contributed by atoms with E-state index in [1.54, 1.807) is 13.2 Å². The Morgan fingerprint density at radius 3 is 2.56 bits per heavy atom. The van der Waals surface area contributed by atoms with E-state index in [9.17, 15) is 4.79 Å². The third-order valence-corrected chi connectivity index (χ3v) is 4.54. The van der Waals surface area contributed by atoms with E-state index >= 15 is 0 Å². The first-order chi connectivity index (χ1) is 12.4. The van der Waals surface area contributed by atoms with Gasteiger partial charge in [-0.3, -0.25) is 9.79 Å². The molecule has 0 atom stereocenters. The maximum atomic E-state index is 12.0. The second-order valence-electron chi connectivity index (χ2n) is 7.87. The average molecular weight is 491 g/mol.